The Balaban J connectivity index is 2.20. The topological polar surface area (TPSA) is 64.9 Å². The molecule has 2 rings (SSSR count). The standard InChI is InChI=1S/C15H18FN3O/c1-15(2)7-4-8-18-13(15)14(20)19-12-6-3-5-11(16)10(12)9-17/h3,5-6,13,18H,4,7-8H2,1-2H3,(H,19,20). The molecule has 0 saturated carbocycles. The first kappa shape index (κ1) is 14.5. The molecule has 0 aromatic heterocycles. The van der Waals surface area contributed by atoms with Crippen molar-refractivity contribution in [2.75, 3.05) is 11.9 Å². The lowest BCUT2D eigenvalue weighted by atomic mass is 9.77. The zero-order chi connectivity index (χ0) is 14.8. The average molecular weight is 275 g/mol. The van der Waals surface area contributed by atoms with E-state index in [1.807, 2.05) is 13.8 Å². The SMILES string of the molecule is CC1(C)CCCNC1C(=O)Nc1cccc(F)c1C#N. The molecule has 1 aliphatic heterocycles. The number of halogens is 1. The number of piperidine rings is 1. The number of nitriles is 1. The van der Waals surface area contributed by atoms with E-state index in [2.05, 4.69) is 10.6 Å². The van der Waals surface area contributed by atoms with E-state index in [1.165, 1.54) is 18.2 Å². The van der Waals surface area contributed by atoms with E-state index in [1.54, 1.807) is 6.07 Å². The number of nitrogens with one attached hydrogen (secondary N) is 2. The molecule has 106 valence electrons. The highest BCUT2D eigenvalue weighted by Crippen LogP contribution is 2.31. The van der Waals surface area contributed by atoms with E-state index in [-0.39, 0.29) is 28.6 Å². The van der Waals surface area contributed by atoms with Crippen LogP contribution in [0.3, 0.4) is 0 Å². The van der Waals surface area contributed by atoms with Crippen LogP contribution in [0.1, 0.15) is 32.3 Å². The lowest BCUT2D eigenvalue weighted by molar-refractivity contribution is -0.121. The number of rotatable bonds is 2. The van der Waals surface area contributed by atoms with Crippen molar-refractivity contribution in [2.24, 2.45) is 5.41 Å². The van der Waals surface area contributed by atoms with Gasteiger partial charge in [0.05, 0.1) is 11.7 Å². The molecule has 1 saturated heterocycles. The number of benzene rings is 1. The first-order valence-corrected chi connectivity index (χ1v) is 6.68. The van der Waals surface area contributed by atoms with E-state index in [0.717, 1.165) is 19.4 Å². The summed E-state index contributed by atoms with van der Waals surface area (Å²) < 4.78 is 13.5. The molecule has 1 atom stereocenters. The zero-order valence-corrected chi connectivity index (χ0v) is 11.7. The second kappa shape index (κ2) is 5.59. The molecule has 1 heterocycles. The summed E-state index contributed by atoms with van der Waals surface area (Å²) in [4.78, 5) is 12.4. The summed E-state index contributed by atoms with van der Waals surface area (Å²) >= 11 is 0. The maximum absolute atomic E-state index is 13.5. The molecule has 4 nitrogen and oxygen atoms in total. The lowest BCUT2D eigenvalue weighted by Crippen LogP contribution is -2.53. The quantitative estimate of drug-likeness (QED) is 0.871. The highest BCUT2D eigenvalue weighted by molar-refractivity contribution is 5.96. The van der Waals surface area contributed by atoms with Gasteiger partial charge >= 0.3 is 0 Å². The summed E-state index contributed by atoms with van der Waals surface area (Å²) in [6.07, 6.45) is 1.98. The molecule has 2 N–H and O–H groups in total. The van der Waals surface area contributed by atoms with Crippen LogP contribution in [-0.4, -0.2) is 18.5 Å². The van der Waals surface area contributed by atoms with Gasteiger partial charge in [-0.3, -0.25) is 4.79 Å². The average Bonchev–Trinajstić information content (AvgIpc) is 2.38. The molecule has 1 aliphatic rings. The summed E-state index contributed by atoms with van der Waals surface area (Å²) in [7, 11) is 0. The maximum atomic E-state index is 13.5. The van der Waals surface area contributed by atoms with E-state index < -0.39 is 5.82 Å². The first-order valence-electron chi connectivity index (χ1n) is 6.68. The molecule has 0 bridgehead atoms. The van der Waals surface area contributed by atoms with Crippen molar-refractivity contribution in [1.29, 1.82) is 5.26 Å². The van der Waals surface area contributed by atoms with E-state index >= 15 is 0 Å². The number of carbonyl (C=O) groups excluding carboxylic acids is 1. The minimum atomic E-state index is -0.624. The van der Waals surface area contributed by atoms with Gasteiger partial charge in [0.25, 0.3) is 0 Å². The van der Waals surface area contributed by atoms with Gasteiger partial charge in [-0.1, -0.05) is 19.9 Å². The zero-order valence-electron chi connectivity index (χ0n) is 11.7. The molecule has 1 aromatic rings. The fourth-order valence-corrected chi connectivity index (χ4v) is 2.61. The van der Waals surface area contributed by atoms with Gasteiger partial charge < -0.3 is 10.6 Å². The number of hydrogen-bond donors (Lipinski definition) is 2. The van der Waals surface area contributed by atoms with Crippen molar-refractivity contribution in [3.05, 3.63) is 29.6 Å². The Hall–Kier alpha value is -1.93. The summed E-state index contributed by atoms with van der Waals surface area (Å²) in [5.74, 6) is -0.849. The largest absolute Gasteiger partial charge is 0.323 e. The van der Waals surface area contributed by atoms with Crippen LogP contribution in [0.5, 0.6) is 0 Å². The Labute approximate surface area is 118 Å². The van der Waals surface area contributed by atoms with Crippen molar-refractivity contribution >= 4 is 11.6 Å². The van der Waals surface area contributed by atoms with Crippen LogP contribution in [0.4, 0.5) is 10.1 Å². The maximum Gasteiger partial charge on any atom is 0.242 e. The van der Waals surface area contributed by atoms with Gasteiger partial charge in [0, 0.05) is 0 Å². The molecule has 1 aromatic carbocycles. The molecule has 0 aliphatic carbocycles. The van der Waals surface area contributed by atoms with Crippen LogP contribution < -0.4 is 10.6 Å². The fraction of sp³-hybridized carbons (Fsp3) is 0.467. The first-order chi connectivity index (χ1) is 9.45. The lowest BCUT2D eigenvalue weighted by Gasteiger charge is -2.38. The third kappa shape index (κ3) is 2.81. The number of anilines is 1. The van der Waals surface area contributed by atoms with Gasteiger partial charge in [-0.25, -0.2) is 4.39 Å². The van der Waals surface area contributed by atoms with Gasteiger partial charge in [-0.2, -0.15) is 5.26 Å². The fourth-order valence-electron chi connectivity index (χ4n) is 2.61. The molecule has 1 amide bonds. The van der Waals surface area contributed by atoms with Gasteiger partial charge in [-0.05, 0) is 36.9 Å². The van der Waals surface area contributed by atoms with Crippen LogP contribution in [0, 0.1) is 22.6 Å². The van der Waals surface area contributed by atoms with Crippen LogP contribution in [-0.2, 0) is 4.79 Å². The van der Waals surface area contributed by atoms with Crippen molar-refractivity contribution in [3.8, 4) is 6.07 Å². The molecule has 20 heavy (non-hydrogen) atoms. The predicted molar refractivity (Wildman–Crippen MR) is 74.6 cm³/mol. The van der Waals surface area contributed by atoms with Gasteiger partial charge in [0.15, 0.2) is 0 Å². The molecule has 1 unspecified atom stereocenters. The van der Waals surface area contributed by atoms with E-state index in [4.69, 9.17) is 5.26 Å². The predicted octanol–water partition coefficient (Wildman–Crippen LogP) is 2.41. The summed E-state index contributed by atoms with van der Waals surface area (Å²) in [6, 6.07) is 5.66. The van der Waals surface area contributed by atoms with Gasteiger partial charge in [0.2, 0.25) is 5.91 Å². The minimum absolute atomic E-state index is 0.130. The highest BCUT2D eigenvalue weighted by atomic mass is 19.1. The Kier molecular flexibility index (Phi) is 4.05. The Morgan fingerprint density at radius 2 is 2.30 bits per heavy atom. The third-order valence-corrected chi connectivity index (χ3v) is 3.77. The number of amides is 1. The normalized spacial score (nSPS) is 21.0. The van der Waals surface area contributed by atoms with Crippen molar-refractivity contribution in [2.45, 2.75) is 32.7 Å². The molecule has 0 spiro atoms. The summed E-state index contributed by atoms with van der Waals surface area (Å²) in [5, 5.41) is 14.8. The van der Waals surface area contributed by atoms with Gasteiger partial charge in [-0.15, -0.1) is 0 Å². The molecule has 0 radical (unpaired) electrons. The Morgan fingerprint density at radius 1 is 1.55 bits per heavy atom. The minimum Gasteiger partial charge on any atom is -0.323 e. The number of nitrogens with zero attached hydrogens (tertiary/aromatic N) is 1. The Morgan fingerprint density at radius 3 is 2.95 bits per heavy atom. The molecule has 1 fully saturated rings. The second-order valence-corrected chi connectivity index (χ2v) is 5.74. The molecular weight excluding hydrogens is 257 g/mol. The van der Waals surface area contributed by atoms with Crippen molar-refractivity contribution in [3.63, 3.8) is 0 Å². The Bertz CT molecular complexity index is 563. The summed E-state index contributed by atoms with van der Waals surface area (Å²) in [6.45, 7) is 4.84. The van der Waals surface area contributed by atoms with Crippen LogP contribution >= 0.6 is 0 Å². The second-order valence-electron chi connectivity index (χ2n) is 5.74. The van der Waals surface area contributed by atoms with Crippen LogP contribution in [0.15, 0.2) is 18.2 Å². The van der Waals surface area contributed by atoms with E-state index in [9.17, 15) is 9.18 Å². The summed E-state index contributed by atoms with van der Waals surface area (Å²) in [5.41, 5.74) is -0.0715. The highest BCUT2D eigenvalue weighted by Gasteiger charge is 2.37. The molecule has 5 heteroatoms. The van der Waals surface area contributed by atoms with Crippen molar-refractivity contribution < 1.29 is 9.18 Å². The smallest absolute Gasteiger partial charge is 0.242 e. The molecular formula is C15H18FN3O. The number of carbonyl (C=O) groups is 1. The monoisotopic (exact) mass is 275 g/mol. The van der Waals surface area contributed by atoms with Gasteiger partial charge in [0.1, 0.15) is 17.4 Å². The number of hydrogen-bond acceptors (Lipinski definition) is 3. The third-order valence-electron chi connectivity index (χ3n) is 3.77. The van der Waals surface area contributed by atoms with Crippen molar-refractivity contribution in [1.82, 2.24) is 5.32 Å². The van der Waals surface area contributed by atoms with Crippen LogP contribution in [0.2, 0.25) is 0 Å². The van der Waals surface area contributed by atoms with Crippen LogP contribution in [0.25, 0.3) is 0 Å². The van der Waals surface area contributed by atoms with E-state index in [0.29, 0.717) is 0 Å².